The Hall–Kier alpha value is -2.47. The molecule has 0 radical (unpaired) electrons. The topological polar surface area (TPSA) is 64.1 Å². The molecule has 1 aromatic heterocycles. The van der Waals surface area contributed by atoms with E-state index in [9.17, 15) is 4.79 Å². The summed E-state index contributed by atoms with van der Waals surface area (Å²) in [5.74, 6) is 0.188. The SMILES string of the molecule is CCc1cccc(CC)c1NC(=O)COc1ncnc2ccc(Br)cc12. The number of halogens is 1. The fourth-order valence-electron chi connectivity index (χ4n) is 2.83. The Morgan fingerprint density at radius 2 is 1.85 bits per heavy atom. The molecular formula is C20H20BrN3O2. The van der Waals surface area contributed by atoms with E-state index in [2.05, 4.69) is 45.1 Å². The van der Waals surface area contributed by atoms with Crippen LogP contribution < -0.4 is 10.1 Å². The van der Waals surface area contributed by atoms with Crippen LogP contribution in [0, 0.1) is 0 Å². The molecule has 0 atom stereocenters. The van der Waals surface area contributed by atoms with Gasteiger partial charge >= 0.3 is 0 Å². The Labute approximate surface area is 160 Å². The first-order chi connectivity index (χ1) is 12.6. The minimum absolute atomic E-state index is 0.111. The minimum Gasteiger partial charge on any atom is -0.467 e. The Balaban J connectivity index is 1.76. The molecule has 0 unspecified atom stereocenters. The van der Waals surface area contributed by atoms with Crippen LogP contribution >= 0.6 is 15.9 Å². The monoisotopic (exact) mass is 413 g/mol. The van der Waals surface area contributed by atoms with Crippen molar-refractivity contribution in [2.75, 3.05) is 11.9 Å². The number of carbonyl (C=O) groups excluding carboxylic acids is 1. The molecule has 0 aliphatic heterocycles. The third-order valence-corrected chi connectivity index (χ3v) is 4.66. The van der Waals surface area contributed by atoms with E-state index < -0.39 is 0 Å². The molecule has 2 aromatic carbocycles. The summed E-state index contributed by atoms with van der Waals surface area (Å²) in [5.41, 5.74) is 3.90. The zero-order valence-corrected chi connectivity index (χ0v) is 16.3. The predicted molar refractivity (Wildman–Crippen MR) is 107 cm³/mol. The summed E-state index contributed by atoms with van der Waals surface area (Å²) in [6.45, 7) is 4.04. The fourth-order valence-corrected chi connectivity index (χ4v) is 3.19. The first-order valence-electron chi connectivity index (χ1n) is 8.56. The van der Waals surface area contributed by atoms with Gasteiger partial charge < -0.3 is 10.1 Å². The van der Waals surface area contributed by atoms with Crippen LogP contribution in [0.4, 0.5) is 5.69 Å². The molecular weight excluding hydrogens is 394 g/mol. The van der Waals surface area contributed by atoms with Gasteiger partial charge in [0.2, 0.25) is 5.88 Å². The van der Waals surface area contributed by atoms with Crippen LogP contribution in [0.5, 0.6) is 5.88 Å². The lowest BCUT2D eigenvalue weighted by molar-refractivity contribution is -0.118. The number of aromatic nitrogens is 2. The van der Waals surface area contributed by atoms with Crippen molar-refractivity contribution < 1.29 is 9.53 Å². The number of rotatable bonds is 6. The van der Waals surface area contributed by atoms with E-state index in [4.69, 9.17) is 4.74 Å². The van der Waals surface area contributed by atoms with Crippen molar-refractivity contribution in [2.45, 2.75) is 26.7 Å². The van der Waals surface area contributed by atoms with E-state index in [0.29, 0.717) is 5.88 Å². The summed E-state index contributed by atoms with van der Waals surface area (Å²) in [4.78, 5) is 20.8. The van der Waals surface area contributed by atoms with Crippen LogP contribution in [0.25, 0.3) is 10.9 Å². The third-order valence-electron chi connectivity index (χ3n) is 4.16. The van der Waals surface area contributed by atoms with Crippen LogP contribution in [-0.2, 0) is 17.6 Å². The Morgan fingerprint density at radius 3 is 2.54 bits per heavy atom. The number of ether oxygens (including phenoxy) is 1. The van der Waals surface area contributed by atoms with E-state index in [1.54, 1.807) is 0 Å². The predicted octanol–water partition coefficient (Wildman–Crippen LogP) is 4.53. The second-order valence-corrected chi connectivity index (χ2v) is 6.75. The second kappa shape index (κ2) is 8.27. The Kier molecular flexibility index (Phi) is 5.83. The van der Waals surface area contributed by atoms with Crippen LogP contribution in [0.15, 0.2) is 47.2 Å². The maximum Gasteiger partial charge on any atom is 0.262 e. The lowest BCUT2D eigenvalue weighted by Gasteiger charge is -2.14. The van der Waals surface area contributed by atoms with Gasteiger partial charge in [-0.05, 0) is 42.2 Å². The van der Waals surface area contributed by atoms with Crippen molar-refractivity contribution in [1.29, 1.82) is 0 Å². The molecule has 0 bridgehead atoms. The lowest BCUT2D eigenvalue weighted by atomic mass is 10.0. The van der Waals surface area contributed by atoms with Gasteiger partial charge in [-0.25, -0.2) is 9.97 Å². The van der Waals surface area contributed by atoms with Gasteiger partial charge in [0.1, 0.15) is 6.33 Å². The molecule has 26 heavy (non-hydrogen) atoms. The van der Waals surface area contributed by atoms with E-state index in [1.165, 1.54) is 6.33 Å². The Morgan fingerprint density at radius 1 is 1.12 bits per heavy atom. The number of hydrogen-bond acceptors (Lipinski definition) is 4. The number of fused-ring (bicyclic) bond motifs is 1. The van der Waals surface area contributed by atoms with Crippen molar-refractivity contribution in [3.63, 3.8) is 0 Å². The molecule has 3 aromatic rings. The van der Waals surface area contributed by atoms with E-state index >= 15 is 0 Å². The van der Waals surface area contributed by atoms with Crippen molar-refractivity contribution in [1.82, 2.24) is 9.97 Å². The molecule has 0 saturated carbocycles. The number of amides is 1. The molecule has 0 saturated heterocycles. The smallest absolute Gasteiger partial charge is 0.262 e. The zero-order chi connectivity index (χ0) is 18.5. The van der Waals surface area contributed by atoms with Gasteiger partial charge in [-0.3, -0.25) is 4.79 Å². The number of carbonyl (C=O) groups is 1. The molecule has 1 amide bonds. The van der Waals surface area contributed by atoms with Gasteiger partial charge in [0.05, 0.1) is 10.9 Å². The van der Waals surface area contributed by atoms with Crippen molar-refractivity contribution in [3.05, 3.63) is 58.3 Å². The number of nitrogens with zero attached hydrogens (tertiary/aromatic N) is 2. The molecule has 0 aliphatic carbocycles. The summed E-state index contributed by atoms with van der Waals surface area (Å²) in [6, 6.07) is 11.7. The van der Waals surface area contributed by atoms with Crippen LogP contribution in [0.1, 0.15) is 25.0 Å². The third kappa shape index (κ3) is 4.02. The highest BCUT2D eigenvalue weighted by Crippen LogP contribution is 2.25. The first-order valence-corrected chi connectivity index (χ1v) is 9.35. The largest absolute Gasteiger partial charge is 0.467 e. The Bertz CT molecular complexity index is 921. The molecule has 134 valence electrons. The summed E-state index contributed by atoms with van der Waals surface area (Å²) in [5, 5.41) is 3.76. The first kappa shape index (κ1) is 18.3. The van der Waals surface area contributed by atoms with E-state index in [-0.39, 0.29) is 12.5 Å². The molecule has 3 rings (SSSR count). The highest BCUT2D eigenvalue weighted by molar-refractivity contribution is 9.10. The maximum atomic E-state index is 12.4. The fraction of sp³-hybridized carbons (Fsp3) is 0.250. The summed E-state index contributed by atoms with van der Waals surface area (Å²) >= 11 is 3.43. The maximum absolute atomic E-state index is 12.4. The van der Waals surface area contributed by atoms with Crippen molar-refractivity contribution in [3.8, 4) is 5.88 Å². The molecule has 0 spiro atoms. The van der Waals surface area contributed by atoms with E-state index in [0.717, 1.165) is 45.0 Å². The average molecular weight is 414 g/mol. The molecule has 1 N–H and O–H groups in total. The van der Waals surface area contributed by atoms with Gasteiger partial charge in [-0.1, -0.05) is 48.0 Å². The minimum atomic E-state index is -0.206. The molecule has 5 nitrogen and oxygen atoms in total. The molecule has 6 heteroatoms. The van der Waals surface area contributed by atoms with Gasteiger partial charge in [0, 0.05) is 10.2 Å². The lowest BCUT2D eigenvalue weighted by Crippen LogP contribution is -2.22. The highest BCUT2D eigenvalue weighted by Gasteiger charge is 2.12. The van der Waals surface area contributed by atoms with Crippen LogP contribution in [0.2, 0.25) is 0 Å². The van der Waals surface area contributed by atoms with Gasteiger partial charge in [0.15, 0.2) is 6.61 Å². The summed E-state index contributed by atoms with van der Waals surface area (Å²) in [7, 11) is 0. The molecule has 1 heterocycles. The number of benzene rings is 2. The summed E-state index contributed by atoms with van der Waals surface area (Å²) < 4.78 is 6.57. The average Bonchev–Trinajstić information content (AvgIpc) is 2.66. The molecule has 0 aliphatic rings. The van der Waals surface area contributed by atoms with Crippen LogP contribution in [0.3, 0.4) is 0 Å². The number of hydrogen-bond donors (Lipinski definition) is 1. The number of anilines is 1. The highest BCUT2D eigenvalue weighted by atomic mass is 79.9. The van der Waals surface area contributed by atoms with Gasteiger partial charge in [-0.2, -0.15) is 0 Å². The van der Waals surface area contributed by atoms with E-state index in [1.807, 2.05) is 36.4 Å². The van der Waals surface area contributed by atoms with Crippen molar-refractivity contribution in [2.24, 2.45) is 0 Å². The van der Waals surface area contributed by atoms with Crippen molar-refractivity contribution >= 4 is 38.4 Å². The standard InChI is InChI=1S/C20H20BrN3O2/c1-3-13-6-5-7-14(4-2)19(13)24-18(25)11-26-20-16-10-15(21)8-9-17(16)22-12-23-20/h5-10,12H,3-4,11H2,1-2H3,(H,24,25). The number of aryl methyl sites for hydroxylation is 2. The normalized spacial score (nSPS) is 10.7. The van der Waals surface area contributed by atoms with Crippen LogP contribution in [-0.4, -0.2) is 22.5 Å². The summed E-state index contributed by atoms with van der Waals surface area (Å²) in [6.07, 6.45) is 3.15. The number of nitrogens with one attached hydrogen (secondary N) is 1. The zero-order valence-electron chi connectivity index (χ0n) is 14.8. The van der Waals surface area contributed by atoms with Gasteiger partial charge in [-0.15, -0.1) is 0 Å². The number of para-hydroxylation sites is 1. The second-order valence-electron chi connectivity index (χ2n) is 5.84. The quantitative estimate of drug-likeness (QED) is 0.644. The van der Waals surface area contributed by atoms with Gasteiger partial charge in [0.25, 0.3) is 5.91 Å². The molecule has 0 fully saturated rings.